The Balaban J connectivity index is 1.29. The van der Waals surface area contributed by atoms with E-state index >= 15 is 0 Å². The van der Waals surface area contributed by atoms with Crippen LogP contribution in [0, 0.1) is 6.92 Å². The number of benzene rings is 3. The number of hydrogen-bond acceptors (Lipinski definition) is 7. The van der Waals surface area contributed by atoms with Crippen LogP contribution in [0.3, 0.4) is 0 Å². The summed E-state index contributed by atoms with van der Waals surface area (Å²) in [6, 6.07) is 23.1. The van der Waals surface area contributed by atoms with E-state index in [1.807, 2.05) is 12.1 Å². The van der Waals surface area contributed by atoms with Crippen LogP contribution < -0.4 is 9.08 Å². The van der Waals surface area contributed by atoms with Gasteiger partial charge in [0.2, 0.25) is 0 Å². The van der Waals surface area contributed by atoms with Crippen LogP contribution in [0.4, 0.5) is 5.69 Å². The summed E-state index contributed by atoms with van der Waals surface area (Å²) in [5.74, 6) is -0.181. The Morgan fingerprint density at radius 1 is 0.861 bits per heavy atom. The molecule has 3 aromatic rings. The highest BCUT2D eigenvalue weighted by Crippen LogP contribution is 2.34. The summed E-state index contributed by atoms with van der Waals surface area (Å²) in [7, 11) is -4.00. The summed E-state index contributed by atoms with van der Waals surface area (Å²) in [5, 5.41) is 0.672. The molecule has 0 unspecified atom stereocenters. The average molecular weight is 520 g/mol. The Kier molecular flexibility index (Phi) is 6.84. The number of rotatable bonds is 5. The SMILES string of the molecule is Cc1ccccc1N1CCN(C2=NC(=O)C(=Cc3ccccc3OS(=O)(=O)c3ccccc3)S2)CC1. The predicted octanol–water partition coefficient (Wildman–Crippen LogP) is 4.56. The van der Waals surface area contributed by atoms with Crippen LogP contribution >= 0.6 is 11.8 Å². The lowest BCUT2D eigenvalue weighted by Crippen LogP contribution is -2.48. The number of aryl methyl sites for hydroxylation is 1. The van der Waals surface area contributed by atoms with Crippen molar-refractivity contribution in [1.82, 2.24) is 4.90 Å². The molecule has 2 aliphatic rings. The molecule has 9 heteroatoms. The van der Waals surface area contributed by atoms with Crippen molar-refractivity contribution in [3.8, 4) is 5.75 Å². The summed E-state index contributed by atoms with van der Waals surface area (Å²) in [6.45, 7) is 5.31. The van der Waals surface area contributed by atoms with Crippen molar-refractivity contribution in [3.63, 3.8) is 0 Å². The van der Waals surface area contributed by atoms with E-state index in [-0.39, 0.29) is 16.6 Å². The van der Waals surface area contributed by atoms with Crippen LogP contribution in [0.25, 0.3) is 6.08 Å². The van der Waals surface area contributed by atoms with Crippen molar-refractivity contribution in [3.05, 3.63) is 94.9 Å². The van der Waals surface area contributed by atoms with E-state index < -0.39 is 10.1 Å². The van der Waals surface area contributed by atoms with Gasteiger partial charge in [-0.1, -0.05) is 54.6 Å². The predicted molar refractivity (Wildman–Crippen MR) is 144 cm³/mol. The number of aliphatic imine (C=N–C) groups is 1. The largest absolute Gasteiger partial charge is 0.378 e. The molecule has 3 aromatic carbocycles. The fourth-order valence-electron chi connectivity index (χ4n) is 4.16. The molecule has 0 saturated carbocycles. The fraction of sp³-hybridized carbons (Fsp3) is 0.185. The Morgan fingerprint density at radius 2 is 1.50 bits per heavy atom. The minimum Gasteiger partial charge on any atom is -0.378 e. The lowest BCUT2D eigenvalue weighted by Gasteiger charge is -2.37. The molecule has 7 nitrogen and oxygen atoms in total. The van der Waals surface area contributed by atoms with Crippen LogP contribution in [-0.4, -0.2) is 50.6 Å². The maximum atomic E-state index is 12.7. The molecule has 1 fully saturated rings. The number of amidine groups is 1. The summed E-state index contributed by atoms with van der Waals surface area (Å²) >= 11 is 1.31. The minimum absolute atomic E-state index is 0.0641. The van der Waals surface area contributed by atoms with Crippen molar-refractivity contribution in [2.24, 2.45) is 4.99 Å². The van der Waals surface area contributed by atoms with E-state index in [4.69, 9.17) is 4.18 Å². The smallest absolute Gasteiger partial charge is 0.339 e. The van der Waals surface area contributed by atoms with Gasteiger partial charge in [0.25, 0.3) is 5.91 Å². The van der Waals surface area contributed by atoms with Gasteiger partial charge in [-0.3, -0.25) is 4.79 Å². The van der Waals surface area contributed by atoms with Gasteiger partial charge in [-0.25, -0.2) is 0 Å². The molecular formula is C27H25N3O4S2. The van der Waals surface area contributed by atoms with Gasteiger partial charge in [-0.15, -0.1) is 0 Å². The number of para-hydroxylation sites is 2. The third kappa shape index (κ3) is 5.17. The van der Waals surface area contributed by atoms with Crippen LogP contribution in [-0.2, 0) is 14.9 Å². The zero-order valence-corrected chi connectivity index (χ0v) is 21.3. The fourth-order valence-corrected chi connectivity index (χ4v) is 6.09. The van der Waals surface area contributed by atoms with Crippen molar-refractivity contribution in [2.75, 3.05) is 31.1 Å². The van der Waals surface area contributed by atoms with Gasteiger partial charge < -0.3 is 14.0 Å². The summed E-state index contributed by atoms with van der Waals surface area (Å²) in [6.07, 6.45) is 1.64. The Bertz CT molecular complexity index is 1440. The van der Waals surface area contributed by atoms with E-state index in [1.54, 1.807) is 48.5 Å². The molecule has 0 atom stereocenters. The van der Waals surface area contributed by atoms with E-state index in [2.05, 4.69) is 33.8 Å². The van der Waals surface area contributed by atoms with E-state index in [1.165, 1.54) is 35.1 Å². The molecule has 184 valence electrons. The quantitative estimate of drug-likeness (QED) is 0.361. The van der Waals surface area contributed by atoms with E-state index in [0.717, 1.165) is 26.2 Å². The Hall–Kier alpha value is -3.56. The first kappa shape index (κ1) is 24.1. The molecular weight excluding hydrogens is 494 g/mol. The van der Waals surface area contributed by atoms with Crippen LogP contribution in [0.2, 0.25) is 0 Å². The summed E-state index contributed by atoms with van der Waals surface area (Å²) in [4.78, 5) is 22.0. The average Bonchev–Trinajstić information content (AvgIpc) is 3.26. The standard InChI is InChI=1S/C27H25N3O4S2/c1-20-9-5-7-13-23(20)29-15-17-30(18-16-29)27-28-26(31)25(35-27)19-21-10-6-8-14-24(21)34-36(32,33)22-11-3-2-4-12-22/h2-14,19H,15-18H2,1H3. The molecule has 36 heavy (non-hydrogen) atoms. The molecule has 2 aliphatic heterocycles. The summed E-state index contributed by atoms with van der Waals surface area (Å²) in [5.41, 5.74) is 2.97. The third-order valence-electron chi connectivity index (χ3n) is 6.05. The maximum absolute atomic E-state index is 12.7. The van der Waals surface area contributed by atoms with Crippen molar-refractivity contribution in [1.29, 1.82) is 0 Å². The Morgan fingerprint density at radius 3 is 2.25 bits per heavy atom. The highest BCUT2D eigenvalue weighted by atomic mass is 32.2. The number of carbonyl (C=O) groups is 1. The second-order valence-corrected chi connectivity index (χ2v) is 11.0. The molecule has 2 heterocycles. The number of anilines is 1. The lowest BCUT2D eigenvalue weighted by molar-refractivity contribution is -0.113. The molecule has 0 aromatic heterocycles. The number of carbonyl (C=O) groups excluding carboxylic acids is 1. The van der Waals surface area contributed by atoms with Gasteiger partial charge in [-0.2, -0.15) is 13.4 Å². The highest BCUT2D eigenvalue weighted by molar-refractivity contribution is 8.18. The zero-order chi connectivity index (χ0) is 25.1. The molecule has 5 rings (SSSR count). The molecule has 1 saturated heterocycles. The number of thioether (sulfide) groups is 1. The van der Waals surface area contributed by atoms with Crippen molar-refractivity contribution < 1.29 is 17.4 Å². The number of hydrogen-bond donors (Lipinski definition) is 0. The van der Waals surface area contributed by atoms with Gasteiger partial charge in [0.1, 0.15) is 10.6 Å². The van der Waals surface area contributed by atoms with Gasteiger partial charge in [0.05, 0.1) is 4.91 Å². The number of amides is 1. The topological polar surface area (TPSA) is 79.3 Å². The van der Waals surface area contributed by atoms with Gasteiger partial charge >= 0.3 is 10.1 Å². The van der Waals surface area contributed by atoms with Crippen molar-refractivity contribution in [2.45, 2.75) is 11.8 Å². The molecule has 0 bridgehead atoms. The lowest BCUT2D eigenvalue weighted by atomic mass is 10.1. The molecule has 0 N–H and O–H groups in total. The normalized spacial score (nSPS) is 17.4. The van der Waals surface area contributed by atoms with E-state index in [9.17, 15) is 13.2 Å². The first-order valence-corrected chi connectivity index (χ1v) is 13.8. The Labute approximate surface area is 215 Å². The second kappa shape index (κ2) is 10.2. The number of piperazine rings is 1. The maximum Gasteiger partial charge on any atom is 0.339 e. The monoisotopic (exact) mass is 519 g/mol. The van der Waals surface area contributed by atoms with Crippen LogP contribution in [0.5, 0.6) is 5.75 Å². The van der Waals surface area contributed by atoms with Crippen molar-refractivity contribution >= 4 is 44.7 Å². The highest BCUT2D eigenvalue weighted by Gasteiger charge is 2.29. The summed E-state index contributed by atoms with van der Waals surface area (Å²) < 4.78 is 30.9. The van der Waals surface area contributed by atoms with Crippen LogP contribution in [0.15, 0.2) is 93.7 Å². The first-order valence-electron chi connectivity index (χ1n) is 11.6. The first-order chi connectivity index (χ1) is 17.4. The molecule has 0 radical (unpaired) electrons. The molecule has 0 aliphatic carbocycles. The second-order valence-electron chi connectivity index (χ2n) is 8.46. The van der Waals surface area contributed by atoms with Gasteiger partial charge in [0.15, 0.2) is 5.17 Å². The van der Waals surface area contributed by atoms with Crippen LogP contribution in [0.1, 0.15) is 11.1 Å². The van der Waals surface area contributed by atoms with Gasteiger partial charge in [0, 0.05) is 37.4 Å². The minimum atomic E-state index is -4.00. The third-order valence-corrected chi connectivity index (χ3v) is 8.35. The molecule has 1 amide bonds. The van der Waals surface area contributed by atoms with E-state index in [0.29, 0.717) is 15.6 Å². The molecule has 0 spiro atoms. The number of nitrogens with zero attached hydrogens (tertiary/aromatic N) is 3. The van der Waals surface area contributed by atoms with Gasteiger partial charge in [-0.05, 0) is 54.6 Å². The zero-order valence-electron chi connectivity index (χ0n) is 19.7.